The summed E-state index contributed by atoms with van der Waals surface area (Å²) in [6.45, 7) is 2.36. The number of nitrogens with one attached hydrogen (secondary N) is 1. The van der Waals surface area contributed by atoms with E-state index in [2.05, 4.69) is 17.9 Å². The van der Waals surface area contributed by atoms with Crippen LogP contribution in [0.2, 0.25) is 0 Å². The standard InChI is InChI=1S/C15H16N2O3S/c1-8(21)9-3-2-4-10-11(9)7-17(15(10)20)12-5-6-13(18)16-14(12)19/h2-4,8,12,21H,5-7H2,1H3,(H,16,18,19). The number of fused-ring (bicyclic) bond motifs is 1. The number of imide groups is 1. The number of carbonyl (C=O) groups excluding carboxylic acids is 3. The maximum absolute atomic E-state index is 12.5. The molecule has 21 heavy (non-hydrogen) atoms. The summed E-state index contributed by atoms with van der Waals surface area (Å²) in [5, 5.41) is 2.33. The van der Waals surface area contributed by atoms with Gasteiger partial charge in [0.15, 0.2) is 0 Å². The van der Waals surface area contributed by atoms with Gasteiger partial charge in [0, 0.05) is 23.8 Å². The molecule has 1 aromatic rings. The Hall–Kier alpha value is -1.82. The van der Waals surface area contributed by atoms with Crippen LogP contribution in [0, 0.1) is 0 Å². The van der Waals surface area contributed by atoms with Crippen molar-refractivity contribution in [3.63, 3.8) is 0 Å². The minimum Gasteiger partial charge on any atom is -0.322 e. The highest BCUT2D eigenvalue weighted by Crippen LogP contribution is 2.33. The van der Waals surface area contributed by atoms with Gasteiger partial charge in [-0.3, -0.25) is 19.7 Å². The first kappa shape index (κ1) is 14.1. The zero-order valence-corrected chi connectivity index (χ0v) is 12.5. The lowest BCUT2D eigenvalue weighted by molar-refractivity contribution is -0.136. The fourth-order valence-corrected chi connectivity index (χ4v) is 3.24. The second-order valence-corrected chi connectivity index (χ2v) is 6.22. The van der Waals surface area contributed by atoms with Crippen molar-refractivity contribution in [3.8, 4) is 0 Å². The zero-order chi connectivity index (χ0) is 15.1. The molecule has 0 radical (unpaired) electrons. The van der Waals surface area contributed by atoms with Crippen LogP contribution < -0.4 is 5.32 Å². The Morgan fingerprint density at radius 1 is 1.33 bits per heavy atom. The Morgan fingerprint density at radius 2 is 2.10 bits per heavy atom. The molecule has 1 saturated heterocycles. The summed E-state index contributed by atoms with van der Waals surface area (Å²) in [4.78, 5) is 37.3. The van der Waals surface area contributed by atoms with E-state index in [1.54, 1.807) is 11.0 Å². The Labute approximate surface area is 128 Å². The van der Waals surface area contributed by atoms with E-state index in [1.807, 2.05) is 19.1 Å². The van der Waals surface area contributed by atoms with Crippen LogP contribution in [0.25, 0.3) is 0 Å². The summed E-state index contributed by atoms with van der Waals surface area (Å²) in [5.41, 5.74) is 2.59. The molecule has 0 aliphatic carbocycles. The highest BCUT2D eigenvalue weighted by Gasteiger charge is 2.39. The van der Waals surface area contributed by atoms with Crippen LogP contribution >= 0.6 is 12.6 Å². The number of benzene rings is 1. The molecule has 0 bridgehead atoms. The minimum atomic E-state index is -0.564. The summed E-state index contributed by atoms with van der Waals surface area (Å²) in [7, 11) is 0. The topological polar surface area (TPSA) is 66.5 Å². The molecule has 110 valence electrons. The van der Waals surface area contributed by atoms with Crippen LogP contribution in [0.4, 0.5) is 0 Å². The van der Waals surface area contributed by atoms with Gasteiger partial charge in [-0.25, -0.2) is 0 Å². The average Bonchev–Trinajstić information content (AvgIpc) is 2.76. The molecule has 3 amide bonds. The van der Waals surface area contributed by atoms with Crippen molar-refractivity contribution in [1.82, 2.24) is 10.2 Å². The predicted octanol–water partition coefficient (Wildman–Crippen LogP) is 1.44. The van der Waals surface area contributed by atoms with Crippen LogP contribution in [0.5, 0.6) is 0 Å². The number of piperidine rings is 1. The first-order valence-electron chi connectivity index (χ1n) is 6.93. The van der Waals surface area contributed by atoms with Crippen LogP contribution in [0.15, 0.2) is 18.2 Å². The van der Waals surface area contributed by atoms with E-state index in [0.29, 0.717) is 18.5 Å². The minimum absolute atomic E-state index is 0.0226. The number of hydrogen-bond donors (Lipinski definition) is 2. The second-order valence-electron chi connectivity index (χ2n) is 5.45. The molecule has 2 aliphatic heterocycles. The number of rotatable bonds is 2. The maximum atomic E-state index is 12.5. The molecule has 6 heteroatoms. The van der Waals surface area contributed by atoms with Gasteiger partial charge in [0.2, 0.25) is 11.8 Å². The molecule has 3 rings (SSSR count). The molecule has 0 spiro atoms. The fraction of sp³-hybridized carbons (Fsp3) is 0.400. The highest BCUT2D eigenvalue weighted by molar-refractivity contribution is 7.80. The average molecular weight is 304 g/mol. The van der Waals surface area contributed by atoms with E-state index in [1.165, 1.54) is 0 Å². The monoisotopic (exact) mass is 304 g/mol. The van der Waals surface area contributed by atoms with Crippen LogP contribution in [-0.4, -0.2) is 28.7 Å². The number of amides is 3. The Kier molecular flexibility index (Phi) is 3.49. The third-order valence-corrected chi connectivity index (χ3v) is 4.35. The third kappa shape index (κ3) is 2.33. The van der Waals surface area contributed by atoms with Crippen LogP contribution in [0.3, 0.4) is 0 Å². The SMILES string of the molecule is CC(S)c1cccc2c1CN(C1CCC(=O)NC1=O)C2=O. The molecular weight excluding hydrogens is 288 g/mol. The van der Waals surface area contributed by atoms with E-state index in [-0.39, 0.29) is 29.4 Å². The van der Waals surface area contributed by atoms with Gasteiger partial charge in [-0.15, -0.1) is 0 Å². The summed E-state index contributed by atoms with van der Waals surface area (Å²) in [6.07, 6.45) is 0.655. The maximum Gasteiger partial charge on any atom is 0.255 e. The largest absolute Gasteiger partial charge is 0.322 e. The number of thiol groups is 1. The van der Waals surface area contributed by atoms with Gasteiger partial charge < -0.3 is 4.90 Å². The third-order valence-electron chi connectivity index (χ3n) is 4.07. The molecule has 0 saturated carbocycles. The zero-order valence-electron chi connectivity index (χ0n) is 11.6. The van der Waals surface area contributed by atoms with Gasteiger partial charge in [-0.1, -0.05) is 12.1 Å². The predicted molar refractivity (Wildman–Crippen MR) is 79.9 cm³/mol. The fourth-order valence-electron chi connectivity index (χ4n) is 3.00. The first-order valence-corrected chi connectivity index (χ1v) is 7.45. The molecule has 2 heterocycles. The van der Waals surface area contributed by atoms with Crippen molar-refractivity contribution in [2.45, 2.75) is 37.6 Å². The quantitative estimate of drug-likeness (QED) is 0.642. The first-order chi connectivity index (χ1) is 9.99. The van der Waals surface area contributed by atoms with E-state index < -0.39 is 6.04 Å². The molecular formula is C15H16N2O3S. The van der Waals surface area contributed by atoms with Crippen LogP contribution in [-0.2, 0) is 16.1 Å². The van der Waals surface area contributed by atoms with Crippen molar-refractivity contribution < 1.29 is 14.4 Å². The van der Waals surface area contributed by atoms with Gasteiger partial charge in [-0.05, 0) is 30.5 Å². The van der Waals surface area contributed by atoms with Gasteiger partial charge in [0.05, 0.1) is 0 Å². The summed E-state index contributed by atoms with van der Waals surface area (Å²) in [6, 6.07) is 5.01. The van der Waals surface area contributed by atoms with Crippen molar-refractivity contribution in [3.05, 3.63) is 34.9 Å². The van der Waals surface area contributed by atoms with Gasteiger partial charge in [-0.2, -0.15) is 12.6 Å². The van der Waals surface area contributed by atoms with Gasteiger partial charge in [0.25, 0.3) is 5.91 Å². The molecule has 0 aromatic heterocycles. The lowest BCUT2D eigenvalue weighted by Gasteiger charge is -2.29. The smallest absolute Gasteiger partial charge is 0.255 e. The highest BCUT2D eigenvalue weighted by atomic mass is 32.1. The molecule has 2 unspecified atom stereocenters. The van der Waals surface area contributed by atoms with E-state index in [9.17, 15) is 14.4 Å². The number of hydrogen-bond acceptors (Lipinski definition) is 4. The number of carbonyl (C=O) groups is 3. The molecule has 2 atom stereocenters. The molecule has 5 nitrogen and oxygen atoms in total. The van der Waals surface area contributed by atoms with Crippen molar-refractivity contribution in [2.75, 3.05) is 0 Å². The normalized spacial score (nSPS) is 23.0. The van der Waals surface area contributed by atoms with Crippen LogP contribution in [0.1, 0.15) is 46.5 Å². The number of nitrogens with zero attached hydrogens (tertiary/aromatic N) is 1. The Balaban J connectivity index is 1.92. The Bertz CT molecular complexity index is 642. The molecule has 2 aliphatic rings. The van der Waals surface area contributed by atoms with Crippen molar-refractivity contribution in [1.29, 1.82) is 0 Å². The Morgan fingerprint density at radius 3 is 2.76 bits per heavy atom. The lowest BCUT2D eigenvalue weighted by atomic mass is 10.0. The van der Waals surface area contributed by atoms with Crippen molar-refractivity contribution in [2.24, 2.45) is 0 Å². The lowest BCUT2D eigenvalue weighted by Crippen LogP contribution is -2.52. The van der Waals surface area contributed by atoms with E-state index in [4.69, 9.17) is 0 Å². The summed E-state index contributed by atoms with van der Waals surface area (Å²) < 4.78 is 0. The van der Waals surface area contributed by atoms with E-state index >= 15 is 0 Å². The van der Waals surface area contributed by atoms with Gasteiger partial charge in [0.1, 0.15) is 6.04 Å². The van der Waals surface area contributed by atoms with Crippen molar-refractivity contribution >= 4 is 30.4 Å². The molecule has 1 aromatic carbocycles. The second kappa shape index (κ2) is 5.18. The van der Waals surface area contributed by atoms with Gasteiger partial charge >= 0.3 is 0 Å². The summed E-state index contributed by atoms with van der Waals surface area (Å²) >= 11 is 4.45. The summed E-state index contributed by atoms with van der Waals surface area (Å²) in [5.74, 6) is -0.798. The molecule has 1 N–H and O–H groups in total. The molecule has 1 fully saturated rings. The van der Waals surface area contributed by atoms with E-state index in [0.717, 1.165) is 11.1 Å².